The third kappa shape index (κ3) is 2.74. The first-order valence-electron chi connectivity index (χ1n) is 5.95. The summed E-state index contributed by atoms with van der Waals surface area (Å²) in [7, 11) is 1.77. The SMILES string of the molecule is CCN(C(=O)c1cc(Cl)cn1C)c1cccc(O)c1. The summed E-state index contributed by atoms with van der Waals surface area (Å²) in [6.45, 7) is 2.39. The minimum absolute atomic E-state index is 0.133. The Hall–Kier alpha value is -1.94. The average Bonchev–Trinajstić information content (AvgIpc) is 2.69. The van der Waals surface area contributed by atoms with Crippen molar-refractivity contribution in [3.63, 3.8) is 0 Å². The second-order valence-electron chi connectivity index (χ2n) is 4.22. The summed E-state index contributed by atoms with van der Waals surface area (Å²) in [6.07, 6.45) is 1.69. The smallest absolute Gasteiger partial charge is 0.274 e. The number of amides is 1. The Morgan fingerprint density at radius 2 is 2.16 bits per heavy atom. The molecule has 1 aromatic heterocycles. The maximum absolute atomic E-state index is 12.5. The van der Waals surface area contributed by atoms with E-state index in [4.69, 9.17) is 11.6 Å². The van der Waals surface area contributed by atoms with Crippen molar-refractivity contribution >= 4 is 23.2 Å². The van der Waals surface area contributed by atoms with Crippen molar-refractivity contribution in [3.05, 3.63) is 47.2 Å². The number of halogens is 1. The van der Waals surface area contributed by atoms with E-state index in [1.54, 1.807) is 53.0 Å². The monoisotopic (exact) mass is 278 g/mol. The highest BCUT2D eigenvalue weighted by Crippen LogP contribution is 2.23. The number of carbonyl (C=O) groups excluding carboxylic acids is 1. The van der Waals surface area contributed by atoms with Gasteiger partial charge in [-0.25, -0.2) is 0 Å². The van der Waals surface area contributed by atoms with Gasteiger partial charge in [-0.3, -0.25) is 4.79 Å². The predicted octanol–water partition coefficient (Wildman–Crippen LogP) is 3.05. The van der Waals surface area contributed by atoms with Gasteiger partial charge < -0.3 is 14.6 Å². The fourth-order valence-electron chi connectivity index (χ4n) is 1.98. The first-order valence-corrected chi connectivity index (χ1v) is 6.33. The molecule has 0 bridgehead atoms. The van der Waals surface area contributed by atoms with Gasteiger partial charge in [-0.1, -0.05) is 17.7 Å². The van der Waals surface area contributed by atoms with Crippen LogP contribution in [-0.4, -0.2) is 22.1 Å². The van der Waals surface area contributed by atoms with Crippen LogP contribution in [-0.2, 0) is 7.05 Å². The van der Waals surface area contributed by atoms with Crippen LogP contribution in [0.4, 0.5) is 5.69 Å². The molecule has 1 heterocycles. The van der Waals surface area contributed by atoms with Gasteiger partial charge >= 0.3 is 0 Å². The minimum Gasteiger partial charge on any atom is -0.508 e. The molecular weight excluding hydrogens is 264 g/mol. The van der Waals surface area contributed by atoms with Crippen molar-refractivity contribution in [2.45, 2.75) is 6.92 Å². The lowest BCUT2D eigenvalue weighted by atomic mass is 10.2. The van der Waals surface area contributed by atoms with E-state index in [9.17, 15) is 9.90 Å². The Labute approximate surface area is 116 Å². The molecular formula is C14H15ClN2O2. The predicted molar refractivity (Wildman–Crippen MR) is 75.9 cm³/mol. The van der Waals surface area contributed by atoms with Crippen LogP contribution in [0.1, 0.15) is 17.4 Å². The summed E-state index contributed by atoms with van der Waals surface area (Å²) >= 11 is 5.90. The molecule has 19 heavy (non-hydrogen) atoms. The second kappa shape index (κ2) is 5.36. The fourth-order valence-corrected chi connectivity index (χ4v) is 2.23. The number of nitrogens with zero attached hydrogens (tertiary/aromatic N) is 2. The summed E-state index contributed by atoms with van der Waals surface area (Å²) in [5, 5.41) is 10.0. The van der Waals surface area contributed by atoms with Gasteiger partial charge in [-0.15, -0.1) is 0 Å². The highest BCUT2D eigenvalue weighted by Gasteiger charge is 2.19. The molecule has 0 radical (unpaired) electrons. The van der Waals surface area contributed by atoms with Crippen molar-refractivity contribution in [1.82, 2.24) is 4.57 Å². The summed E-state index contributed by atoms with van der Waals surface area (Å²) in [5.74, 6) is -0.0174. The molecule has 1 amide bonds. The highest BCUT2D eigenvalue weighted by atomic mass is 35.5. The third-order valence-corrected chi connectivity index (χ3v) is 3.10. The van der Waals surface area contributed by atoms with Gasteiger partial charge in [0.25, 0.3) is 5.91 Å². The quantitative estimate of drug-likeness (QED) is 0.938. The first-order chi connectivity index (χ1) is 9.02. The van der Waals surface area contributed by atoms with E-state index in [-0.39, 0.29) is 11.7 Å². The molecule has 0 aliphatic carbocycles. The molecule has 0 aliphatic heterocycles. The van der Waals surface area contributed by atoms with Gasteiger partial charge in [-0.2, -0.15) is 0 Å². The zero-order chi connectivity index (χ0) is 14.0. The number of phenols is 1. The van der Waals surface area contributed by atoms with E-state index in [2.05, 4.69) is 0 Å². The number of hydrogen-bond acceptors (Lipinski definition) is 2. The molecule has 0 saturated carbocycles. The molecule has 1 aromatic carbocycles. The van der Waals surface area contributed by atoms with Crippen LogP contribution in [0.25, 0.3) is 0 Å². The number of aromatic nitrogens is 1. The van der Waals surface area contributed by atoms with Crippen LogP contribution >= 0.6 is 11.6 Å². The maximum Gasteiger partial charge on any atom is 0.274 e. The number of aromatic hydroxyl groups is 1. The molecule has 1 N–H and O–H groups in total. The maximum atomic E-state index is 12.5. The molecule has 2 aromatic rings. The molecule has 0 unspecified atom stereocenters. The normalized spacial score (nSPS) is 10.5. The van der Waals surface area contributed by atoms with E-state index in [1.807, 2.05) is 6.92 Å². The highest BCUT2D eigenvalue weighted by molar-refractivity contribution is 6.31. The zero-order valence-electron chi connectivity index (χ0n) is 10.8. The fraction of sp³-hybridized carbons (Fsp3) is 0.214. The topological polar surface area (TPSA) is 45.5 Å². The molecule has 0 fully saturated rings. The lowest BCUT2D eigenvalue weighted by Crippen LogP contribution is -2.31. The van der Waals surface area contributed by atoms with E-state index in [1.165, 1.54) is 0 Å². The van der Waals surface area contributed by atoms with E-state index < -0.39 is 0 Å². The van der Waals surface area contributed by atoms with Gasteiger partial charge in [0.15, 0.2) is 0 Å². The van der Waals surface area contributed by atoms with Crippen LogP contribution in [0.15, 0.2) is 36.5 Å². The third-order valence-electron chi connectivity index (χ3n) is 2.89. The zero-order valence-corrected chi connectivity index (χ0v) is 11.6. The van der Waals surface area contributed by atoms with Gasteiger partial charge in [0.05, 0.1) is 5.02 Å². The van der Waals surface area contributed by atoms with Crippen LogP contribution in [0.5, 0.6) is 5.75 Å². The van der Waals surface area contributed by atoms with Crippen molar-refractivity contribution < 1.29 is 9.90 Å². The second-order valence-corrected chi connectivity index (χ2v) is 4.66. The largest absolute Gasteiger partial charge is 0.508 e. The Balaban J connectivity index is 2.37. The average molecular weight is 279 g/mol. The number of rotatable bonds is 3. The first kappa shape index (κ1) is 13.5. The van der Waals surface area contributed by atoms with Crippen molar-refractivity contribution in [3.8, 4) is 5.75 Å². The molecule has 4 nitrogen and oxygen atoms in total. The van der Waals surface area contributed by atoms with Crippen molar-refractivity contribution in [2.75, 3.05) is 11.4 Å². The lowest BCUT2D eigenvalue weighted by Gasteiger charge is -2.21. The number of benzene rings is 1. The van der Waals surface area contributed by atoms with Crippen LogP contribution < -0.4 is 4.90 Å². The summed E-state index contributed by atoms with van der Waals surface area (Å²) < 4.78 is 1.69. The summed E-state index contributed by atoms with van der Waals surface area (Å²) in [4.78, 5) is 14.1. The minimum atomic E-state index is -0.150. The molecule has 100 valence electrons. The number of carbonyl (C=O) groups is 1. The van der Waals surface area contributed by atoms with Crippen molar-refractivity contribution in [2.24, 2.45) is 7.05 Å². The van der Waals surface area contributed by atoms with E-state index >= 15 is 0 Å². The Morgan fingerprint density at radius 3 is 2.68 bits per heavy atom. The van der Waals surface area contributed by atoms with Gasteiger partial charge in [0, 0.05) is 31.5 Å². The Morgan fingerprint density at radius 1 is 1.42 bits per heavy atom. The van der Waals surface area contributed by atoms with Crippen LogP contribution in [0.2, 0.25) is 5.02 Å². The van der Waals surface area contributed by atoms with Crippen LogP contribution in [0, 0.1) is 0 Å². The van der Waals surface area contributed by atoms with Gasteiger partial charge in [0.2, 0.25) is 0 Å². The van der Waals surface area contributed by atoms with E-state index in [0.717, 1.165) is 0 Å². The Bertz CT molecular complexity index is 607. The number of aryl methyl sites for hydroxylation is 1. The summed E-state index contributed by atoms with van der Waals surface area (Å²) in [5.41, 5.74) is 1.17. The van der Waals surface area contributed by atoms with Crippen LogP contribution in [0.3, 0.4) is 0 Å². The number of hydrogen-bond donors (Lipinski definition) is 1. The van der Waals surface area contributed by atoms with Gasteiger partial charge in [0.1, 0.15) is 11.4 Å². The lowest BCUT2D eigenvalue weighted by molar-refractivity contribution is 0.0980. The molecule has 0 atom stereocenters. The standard InChI is InChI=1S/C14H15ClN2O2/c1-3-17(11-5-4-6-12(18)8-11)14(19)13-7-10(15)9-16(13)2/h4-9,18H,3H2,1-2H3. The molecule has 5 heteroatoms. The summed E-state index contributed by atoms with van der Waals surface area (Å²) in [6, 6.07) is 8.26. The molecule has 0 aliphatic rings. The molecule has 2 rings (SSSR count). The number of phenolic OH excluding ortho intramolecular Hbond substituents is 1. The molecule has 0 saturated heterocycles. The van der Waals surface area contributed by atoms with Crippen molar-refractivity contribution in [1.29, 1.82) is 0 Å². The van der Waals surface area contributed by atoms with Gasteiger partial charge in [-0.05, 0) is 25.1 Å². The molecule has 0 spiro atoms. The Kier molecular flexibility index (Phi) is 3.81. The number of anilines is 1. The van der Waals surface area contributed by atoms with E-state index in [0.29, 0.717) is 22.9 Å².